The third-order valence-corrected chi connectivity index (χ3v) is 3.81. The molecule has 0 saturated heterocycles. The van der Waals surface area contributed by atoms with Crippen LogP contribution in [0, 0.1) is 0 Å². The molecule has 0 aliphatic rings. The van der Waals surface area contributed by atoms with Crippen molar-refractivity contribution in [1.82, 2.24) is 20.5 Å². The zero-order valence-electron chi connectivity index (χ0n) is 16.1. The van der Waals surface area contributed by atoms with E-state index in [9.17, 15) is 4.79 Å². The molecule has 2 rings (SSSR count). The van der Waals surface area contributed by atoms with Crippen LogP contribution < -0.4 is 15.4 Å². The fourth-order valence-corrected chi connectivity index (χ4v) is 2.43. The second kappa shape index (κ2) is 10.8. The number of carbonyl (C=O) groups is 1. The molecule has 0 radical (unpaired) electrons. The summed E-state index contributed by atoms with van der Waals surface area (Å²) in [6.45, 7) is 1.85. The Bertz CT molecular complexity index is 747. The van der Waals surface area contributed by atoms with Gasteiger partial charge in [0.1, 0.15) is 12.4 Å². The van der Waals surface area contributed by atoms with Crippen LogP contribution in [-0.2, 0) is 6.42 Å². The smallest absolute Gasteiger partial charge is 0.253 e. The first-order valence-electron chi connectivity index (χ1n) is 8.88. The first kappa shape index (κ1) is 20.2. The van der Waals surface area contributed by atoms with Crippen LogP contribution in [0.1, 0.15) is 15.9 Å². The van der Waals surface area contributed by atoms with Gasteiger partial charge < -0.3 is 20.3 Å². The van der Waals surface area contributed by atoms with Crippen molar-refractivity contribution in [3.8, 4) is 5.75 Å². The van der Waals surface area contributed by atoms with Crippen molar-refractivity contribution in [3.63, 3.8) is 0 Å². The Labute approximate surface area is 160 Å². The maximum absolute atomic E-state index is 12.0. The molecule has 0 bridgehead atoms. The van der Waals surface area contributed by atoms with Crippen LogP contribution >= 0.6 is 0 Å². The van der Waals surface area contributed by atoms with Gasteiger partial charge in [-0.2, -0.15) is 0 Å². The minimum absolute atomic E-state index is 0.0101. The van der Waals surface area contributed by atoms with E-state index in [1.165, 1.54) is 0 Å². The Morgan fingerprint density at radius 2 is 2.00 bits per heavy atom. The van der Waals surface area contributed by atoms with Crippen molar-refractivity contribution < 1.29 is 9.53 Å². The molecule has 144 valence electrons. The molecule has 2 aromatic rings. The molecule has 0 fully saturated rings. The van der Waals surface area contributed by atoms with Crippen molar-refractivity contribution in [1.29, 1.82) is 0 Å². The van der Waals surface area contributed by atoms with Gasteiger partial charge in [-0.25, -0.2) is 0 Å². The van der Waals surface area contributed by atoms with Gasteiger partial charge in [0.25, 0.3) is 5.91 Å². The zero-order chi connectivity index (χ0) is 19.5. The molecule has 0 aliphatic carbocycles. The van der Waals surface area contributed by atoms with E-state index in [0.29, 0.717) is 31.2 Å². The van der Waals surface area contributed by atoms with E-state index >= 15 is 0 Å². The molecule has 1 heterocycles. The van der Waals surface area contributed by atoms with Gasteiger partial charge >= 0.3 is 0 Å². The molecule has 1 amide bonds. The Morgan fingerprint density at radius 3 is 2.70 bits per heavy atom. The average Bonchev–Trinajstić information content (AvgIpc) is 2.70. The Morgan fingerprint density at radius 1 is 1.19 bits per heavy atom. The van der Waals surface area contributed by atoms with Crippen LogP contribution in [0.4, 0.5) is 0 Å². The number of benzene rings is 1. The normalized spacial score (nSPS) is 11.0. The maximum Gasteiger partial charge on any atom is 0.253 e. The number of hydrogen-bond donors (Lipinski definition) is 2. The van der Waals surface area contributed by atoms with Crippen LogP contribution in [0.25, 0.3) is 0 Å². The van der Waals surface area contributed by atoms with Crippen LogP contribution in [0.3, 0.4) is 0 Å². The number of ether oxygens (including phenoxy) is 1. The summed E-state index contributed by atoms with van der Waals surface area (Å²) in [4.78, 5) is 21.8. The third kappa shape index (κ3) is 6.97. The average molecular weight is 369 g/mol. The third-order valence-electron chi connectivity index (χ3n) is 3.81. The van der Waals surface area contributed by atoms with Crippen molar-refractivity contribution in [2.24, 2.45) is 4.99 Å². The molecule has 1 aromatic heterocycles. The highest BCUT2D eigenvalue weighted by atomic mass is 16.5. The van der Waals surface area contributed by atoms with Crippen molar-refractivity contribution >= 4 is 11.9 Å². The molecule has 0 spiro atoms. The number of amides is 1. The topological polar surface area (TPSA) is 78.9 Å². The summed E-state index contributed by atoms with van der Waals surface area (Å²) in [6.07, 6.45) is 4.19. The second-order valence-electron chi connectivity index (χ2n) is 6.11. The van der Waals surface area contributed by atoms with Gasteiger partial charge in [-0.1, -0.05) is 12.1 Å². The van der Waals surface area contributed by atoms with Gasteiger partial charge in [0.15, 0.2) is 5.96 Å². The van der Waals surface area contributed by atoms with E-state index in [2.05, 4.69) is 20.6 Å². The van der Waals surface area contributed by atoms with E-state index in [1.54, 1.807) is 38.4 Å². The van der Waals surface area contributed by atoms with Gasteiger partial charge in [0.05, 0.1) is 12.7 Å². The number of carbonyl (C=O) groups excluding carboxylic acids is 1. The molecule has 27 heavy (non-hydrogen) atoms. The minimum Gasteiger partial charge on any atom is -0.490 e. The summed E-state index contributed by atoms with van der Waals surface area (Å²) >= 11 is 0. The maximum atomic E-state index is 12.0. The monoisotopic (exact) mass is 369 g/mol. The van der Waals surface area contributed by atoms with Crippen molar-refractivity contribution in [3.05, 3.63) is 59.9 Å². The Kier molecular flexibility index (Phi) is 8.09. The SMILES string of the molecule is CN=C(NCCOc1cccnc1)NCCc1cccc(C(=O)N(C)C)c1. The van der Waals surface area contributed by atoms with E-state index in [4.69, 9.17) is 4.74 Å². The largest absolute Gasteiger partial charge is 0.490 e. The number of aliphatic imine (C=N–C) groups is 1. The molecule has 0 unspecified atom stereocenters. The summed E-state index contributed by atoms with van der Waals surface area (Å²) in [5.74, 6) is 1.47. The molecule has 0 saturated carbocycles. The number of nitrogens with zero attached hydrogens (tertiary/aromatic N) is 3. The number of aromatic nitrogens is 1. The predicted molar refractivity (Wildman–Crippen MR) is 107 cm³/mol. The van der Waals surface area contributed by atoms with E-state index in [1.807, 2.05) is 36.4 Å². The van der Waals surface area contributed by atoms with Gasteiger partial charge in [0.2, 0.25) is 0 Å². The molecule has 0 atom stereocenters. The lowest BCUT2D eigenvalue weighted by Gasteiger charge is -2.13. The zero-order valence-corrected chi connectivity index (χ0v) is 16.1. The summed E-state index contributed by atoms with van der Waals surface area (Å²) in [6, 6.07) is 11.4. The number of pyridine rings is 1. The number of guanidine groups is 1. The number of hydrogen-bond acceptors (Lipinski definition) is 4. The van der Waals surface area contributed by atoms with E-state index in [-0.39, 0.29) is 5.91 Å². The quantitative estimate of drug-likeness (QED) is 0.420. The minimum atomic E-state index is 0.0101. The van der Waals surface area contributed by atoms with E-state index in [0.717, 1.165) is 17.7 Å². The van der Waals surface area contributed by atoms with Gasteiger partial charge in [0, 0.05) is 39.4 Å². The van der Waals surface area contributed by atoms with Crippen LogP contribution in [0.5, 0.6) is 5.75 Å². The Hall–Kier alpha value is -3.09. The molecule has 2 N–H and O–H groups in total. The van der Waals surface area contributed by atoms with Crippen molar-refractivity contribution in [2.45, 2.75) is 6.42 Å². The van der Waals surface area contributed by atoms with Gasteiger partial charge in [-0.3, -0.25) is 14.8 Å². The first-order valence-corrected chi connectivity index (χ1v) is 8.88. The van der Waals surface area contributed by atoms with Crippen LogP contribution in [0.2, 0.25) is 0 Å². The standard InChI is InChI=1S/C20H27N5O2/c1-21-20(24-12-13-27-18-8-5-10-22-15-18)23-11-9-16-6-4-7-17(14-16)19(26)25(2)3/h4-8,10,14-15H,9,11-13H2,1-3H3,(H2,21,23,24). The fourth-order valence-electron chi connectivity index (χ4n) is 2.43. The predicted octanol–water partition coefficient (Wildman–Crippen LogP) is 1.57. The molecular weight excluding hydrogens is 342 g/mol. The lowest BCUT2D eigenvalue weighted by atomic mass is 10.1. The number of rotatable bonds is 8. The molecule has 7 nitrogen and oxygen atoms in total. The Balaban J connectivity index is 1.71. The highest BCUT2D eigenvalue weighted by molar-refractivity contribution is 5.94. The highest BCUT2D eigenvalue weighted by Crippen LogP contribution is 2.08. The van der Waals surface area contributed by atoms with Crippen LogP contribution in [0.15, 0.2) is 53.8 Å². The second-order valence-corrected chi connectivity index (χ2v) is 6.11. The first-order chi connectivity index (χ1) is 13.1. The molecule has 1 aromatic carbocycles. The van der Waals surface area contributed by atoms with Crippen LogP contribution in [-0.4, -0.2) is 62.6 Å². The number of nitrogens with one attached hydrogen (secondary N) is 2. The molecular formula is C20H27N5O2. The van der Waals surface area contributed by atoms with E-state index < -0.39 is 0 Å². The van der Waals surface area contributed by atoms with Crippen molar-refractivity contribution in [2.75, 3.05) is 40.8 Å². The summed E-state index contributed by atoms with van der Waals surface area (Å²) in [7, 11) is 5.24. The van der Waals surface area contributed by atoms with Gasteiger partial charge in [-0.15, -0.1) is 0 Å². The lowest BCUT2D eigenvalue weighted by Crippen LogP contribution is -2.40. The summed E-state index contributed by atoms with van der Waals surface area (Å²) in [5, 5.41) is 6.47. The summed E-state index contributed by atoms with van der Waals surface area (Å²) in [5.41, 5.74) is 1.80. The molecule has 0 aliphatic heterocycles. The lowest BCUT2D eigenvalue weighted by molar-refractivity contribution is 0.0827. The summed E-state index contributed by atoms with van der Waals surface area (Å²) < 4.78 is 5.59. The highest BCUT2D eigenvalue weighted by Gasteiger charge is 2.08. The fraction of sp³-hybridized carbons (Fsp3) is 0.350. The molecule has 7 heteroatoms. The van der Waals surface area contributed by atoms with Gasteiger partial charge in [-0.05, 0) is 36.2 Å².